The molecule has 0 spiro atoms. The van der Waals surface area contributed by atoms with Crippen LogP contribution in [0.25, 0.3) is 0 Å². The van der Waals surface area contributed by atoms with Gasteiger partial charge in [-0.3, -0.25) is 10.2 Å². The molecule has 0 aliphatic carbocycles. The monoisotopic (exact) mass is 148 g/mol. The molecule has 0 unspecified atom stereocenters. The number of rotatable bonds is 0. The average Bonchev–Trinajstić information content (AvgIpc) is 2.06. The van der Waals surface area contributed by atoms with Crippen LogP contribution in [0.1, 0.15) is 0 Å². The van der Waals surface area contributed by atoms with E-state index < -0.39 is 0 Å². The molecular weight excluding hydrogens is 140 g/mol. The Morgan fingerprint density at radius 2 is 2.45 bits per heavy atom. The van der Waals surface area contributed by atoms with E-state index in [1.165, 1.54) is 0 Å². The highest BCUT2D eigenvalue weighted by atomic mass is 16.5. The second kappa shape index (κ2) is 2.36. The van der Waals surface area contributed by atoms with Crippen LogP contribution in [0, 0.1) is 0 Å². The number of aliphatic imine (C=N–C) groups is 1. The van der Waals surface area contributed by atoms with Gasteiger partial charge in [-0.1, -0.05) is 12.2 Å². The summed E-state index contributed by atoms with van der Waals surface area (Å²) in [4.78, 5) is 4.12. The number of hydroxylamine groups is 2. The zero-order chi connectivity index (χ0) is 7.68. The second-order valence-electron chi connectivity index (χ2n) is 2.37. The first-order chi connectivity index (χ1) is 5.38. The van der Waals surface area contributed by atoms with E-state index in [2.05, 4.69) is 4.99 Å². The predicted molar refractivity (Wildman–Crippen MR) is 42.3 cm³/mol. The predicted octanol–water partition coefficient (Wildman–Crippen LogP) is 1.10. The molecule has 0 saturated heterocycles. The Morgan fingerprint density at radius 3 is 3.27 bits per heavy atom. The fraction of sp³-hybridized carbons (Fsp3) is 0.125. The molecule has 2 aliphatic rings. The number of fused-ring (bicyclic) bond motifs is 1. The standard InChI is InChI=1S/C8H8N2O/c11-10-6-2-4-7-3-1-5-9-8(7)10/h1-4,6,11H,5H2. The molecule has 0 saturated carbocycles. The molecule has 0 aromatic rings. The van der Waals surface area contributed by atoms with Crippen molar-refractivity contribution in [2.75, 3.05) is 6.54 Å². The van der Waals surface area contributed by atoms with Gasteiger partial charge in [-0.05, 0) is 12.2 Å². The summed E-state index contributed by atoms with van der Waals surface area (Å²) in [5.74, 6) is 0.634. The lowest BCUT2D eigenvalue weighted by Crippen LogP contribution is -2.26. The van der Waals surface area contributed by atoms with Gasteiger partial charge in [-0.15, -0.1) is 0 Å². The van der Waals surface area contributed by atoms with Crippen LogP contribution in [-0.2, 0) is 0 Å². The minimum absolute atomic E-state index is 0.634. The minimum Gasteiger partial charge on any atom is -0.283 e. The van der Waals surface area contributed by atoms with Gasteiger partial charge < -0.3 is 0 Å². The van der Waals surface area contributed by atoms with Crippen LogP contribution < -0.4 is 0 Å². The van der Waals surface area contributed by atoms with Crippen LogP contribution in [-0.4, -0.2) is 22.7 Å². The van der Waals surface area contributed by atoms with E-state index in [-0.39, 0.29) is 0 Å². The van der Waals surface area contributed by atoms with E-state index in [1.807, 2.05) is 18.2 Å². The third-order valence-corrected chi connectivity index (χ3v) is 1.62. The molecule has 0 radical (unpaired) electrons. The van der Waals surface area contributed by atoms with Gasteiger partial charge >= 0.3 is 0 Å². The molecule has 0 aromatic carbocycles. The molecule has 3 heteroatoms. The Bertz CT molecular complexity index is 286. The van der Waals surface area contributed by atoms with Gasteiger partial charge in [0.25, 0.3) is 0 Å². The van der Waals surface area contributed by atoms with Crippen LogP contribution in [0.4, 0.5) is 0 Å². The maximum absolute atomic E-state index is 9.25. The Morgan fingerprint density at radius 1 is 1.55 bits per heavy atom. The van der Waals surface area contributed by atoms with E-state index >= 15 is 0 Å². The van der Waals surface area contributed by atoms with Gasteiger partial charge in [0.2, 0.25) is 0 Å². The van der Waals surface area contributed by atoms with Gasteiger partial charge in [-0.2, -0.15) is 0 Å². The van der Waals surface area contributed by atoms with Gasteiger partial charge in [-0.25, -0.2) is 5.06 Å². The molecule has 3 nitrogen and oxygen atoms in total. The lowest BCUT2D eigenvalue weighted by molar-refractivity contribution is 0.0372. The van der Waals surface area contributed by atoms with Gasteiger partial charge in [0.1, 0.15) is 0 Å². The number of amidine groups is 1. The average molecular weight is 148 g/mol. The summed E-state index contributed by atoms with van der Waals surface area (Å²) in [5.41, 5.74) is 0.959. The lowest BCUT2D eigenvalue weighted by Gasteiger charge is -2.20. The quantitative estimate of drug-likeness (QED) is 0.558. The molecule has 1 N–H and O–H groups in total. The Kier molecular flexibility index (Phi) is 1.36. The third-order valence-electron chi connectivity index (χ3n) is 1.62. The fourth-order valence-electron chi connectivity index (χ4n) is 1.12. The minimum atomic E-state index is 0.634. The van der Waals surface area contributed by atoms with Crippen molar-refractivity contribution in [2.24, 2.45) is 4.99 Å². The summed E-state index contributed by atoms with van der Waals surface area (Å²) in [6, 6.07) is 0. The van der Waals surface area contributed by atoms with Crippen molar-refractivity contribution in [3.05, 3.63) is 36.1 Å². The van der Waals surface area contributed by atoms with Crippen LogP contribution >= 0.6 is 0 Å². The largest absolute Gasteiger partial charge is 0.283 e. The van der Waals surface area contributed by atoms with Crippen molar-refractivity contribution in [2.45, 2.75) is 0 Å². The van der Waals surface area contributed by atoms with Crippen LogP contribution in [0.5, 0.6) is 0 Å². The van der Waals surface area contributed by atoms with Gasteiger partial charge in [0.15, 0.2) is 5.84 Å². The van der Waals surface area contributed by atoms with Crippen molar-refractivity contribution in [1.29, 1.82) is 0 Å². The maximum Gasteiger partial charge on any atom is 0.160 e. The van der Waals surface area contributed by atoms with E-state index in [9.17, 15) is 5.21 Å². The van der Waals surface area contributed by atoms with E-state index in [0.29, 0.717) is 12.4 Å². The number of hydrogen-bond acceptors (Lipinski definition) is 3. The first-order valence-corrected chi connectivity index (χ1v) is 3.46. The smallest absolute Gasteiger partial charge is 0.160 e. The SMILES string of the molecule is ON1C=CC=C2C=CCN=C21. The van der Waals surface area contributed by atoms with Crippen molar-refractivity contribution < 1.29 is 5.21 Å². The molecule has 0 bridgehead atoms. The Hall–Kier alpha value is -1.35. The van der Waals surface area contributed by atoms with Crippen molar-refractivity contribution in [3.8, 4) is 0 Å². The number of hydrogen-bond donors (Lipinski definition) is 1. The summed E-state index contributed by atoms with van der Waals surface area (Å²) in [7, 11) is 0. The number of dihydropyridines is 1. The summed E-state index contributed by atoms with van der Waals surface area (Å²) >= 11 is 0. The molecule has 2 heterocycles. The molecule has 2 rings (SSSR count). The first kappa shape index (κ1) is 6.37. The molecule has 2 aliphatic heterocycles. The van der Waals surface area contributed by atoms with Crippen LogP contribution in [0.3, 0.4) is 0 Å². The second-order valence-corrected chi connectivity index (χ2v) is 2.37. The zero-order valence-corrected chi connectivity index (χ0v) is 5.94. The molecule has 11 heavy (non-hydrogen) atoms. The third kappa shape index (κ3) is 0.991. The normalized spacial score (nSPS) is 21.0. The Balaban J connectivity index is 2.40. The maximum atomic E-state index is 9.25. The topological polar surface area (TPSA) is 35.8 Å². The highest BCUT2D eigenvalue weighted by molar-refractivity contribution is 6.02. The molecule has 0 aromatic heterocycles. The first-order valence-electron chi connectivity index (χ1n) is 3.46. The van der Waals surface area contributed by atoms with Crippen molar-refractivity contribution in [1.82, 2.24) is 5.06 Å². The molecule has 56 valence electrons. The molecule has 0 amide bonds. The zero-order valence-electron chi connectivity index (χ0n) is 5.94. The summed E-state index contributed by atoms with van der Waals surface area (Å²) in [6.45, 7) is 0.650. The summed E-state index contributed by atoms with van der Waals surface area (Å²) < 4.78 is 0. The fourth-order valence-corrected chi connectivity index (χ4v) is 1.12. The highest BCUT2D eigenvalue weighted by Gasteiger charge is 2.13. The molecule has 0 fully saturated rings. The number of allylic oxidation sites excluding steroid dienone is 2. The van der Waals surface area contributed by atoms with E-state index in [1.54, 1.807) is 12.3 Å². The van der Waals surface area contributed by atoms with Crippen molar-refractivity contribution in [3.63, 3.8) is 0 Å². The van der Waals surface area contributed by atoms with Gasteiger partial charge in [0, 0.05) is 11.8 Å². The molecular formula is C8H8N2O. The van der Waals surface area contributed by atoms with E-state index in [0.717, 1.165) is 10.6 Å². The Labute approximate surface area is 64.6 Å². The lowest BCUT2D eigenvalue weighted by atomic mass is 10.1. The van der Waals surface area contributed by atoms with Crippen LogP contribution in [0.15, 0.2) is 41.1 Å². The van der Waals surface area contributed by atoms with Gasteiger partial charge in [0.05, 0.1) is 6.54 Å². The molecule has 0 atom stereocenters. The highest BCUT2D eigenvalue weighted by Crippen LogP contribution is 2.13. The van der Waals surface area contributed by atoms with Crippen LogP contribution in [0.2, 0.25) is 0 Å². The van der Waals surface area contributed by atoms with E-state index in [4.69, 9.17) is 0 Å². The summed E-state index contributed by atoms with van der Waals surface area (Å²) in [6.07, 6.45) is 9.18. The number of nitrogens with zero attached hydrogens (tertiary/aromatic N) is 2. The summed E-state index contributed by atoms with van der Waals surface area (Å²) in [5, 5.41) is 10.3. The van der Waals surface area contributed by atoms with Crippen molar-refractivity contribution >= 4 is 5.84 Å².